The lowest BCUT2D eigenvalue weighted by Gasteiger charge is -2.36. The summed E-state index contributed by atoms with van der Waals surface area (Å²) in [7, 11) is 0. The van der Waals surface area contributed by atoms with Gasteiger partial charge in [-0.2, -0.15) is 0 Å². The van der Waals surface area contributed by atoms with Crippen molar-refractivity contribution in [2.75, 3.05) is 17.2 Å². The number of anilines is 2. The van der Waals surface area contributed by atoms with Crippen LogP contribution >= 0.6 is 0 Å². The molecule has 0 saturated heterocycles. The molecule has 0 aromatic heterocycles. The predicted octanol–water partition coefficient (Wildman–Crippen LogP) is 3.81. The van der Waals surface area contributed by atoms with Gasteiger partial charge in [-0.3, -0.25) is 49.5 Å². The van der Waals surface area contributed by atoms with Crippen molar-refractivity contribution >= 4 is 52.1 Å². The van der Waals surface area contributed by atoms with Gasteiger partial charge in [0.15, 0.2) is 0 Å². The third-order valence-corrected chi connectivity index (χ3v) is 8.91. The summed E-state index contributed by atoms with van der Waals surface area (Å²) in [4.78, 5) is 85.9. The molecule has 4 amide bonds. The fraction of sp³-hybridized carbons (Fsp3) is 0.515. The van der Waals surface area contributed by atoms with Crippen molar-refractivity contribution in [1.29, 1.82) is 0 Å². The van der Waals surface area contributed by atoms with Crippen LogP contribution in [0.5, 0.6) is 0 Å². The molecule has 2 atom stereocenters. The Kier molecular flexibility index (Phi) is 11.9. The summed E-state index contributed by atoms with van der Waals surface area (Å²) < 4.78 is 0. The molecule has 5 N–H and O–H groups in total. The van der Waals surface area contributed by atoms with Gasteiger partial charge in [0, 0.05) is 23.9 Å². The van der Waals surface area contributed by atoms with Crippen molar-refractivity contribution in [2.24, 2.45) is 23.7 Å². The Morgan fingerprint density at radius 2 is 1.37 bits per heavy atom. The molecule has 2 aliphatic rings. The van der Waals surface area contributed by atoms with E-state index in [-0.39, 0.29) is 35.5 Å². The molecular formula is C33H42N8O10. The molecule has 2 aromatic rings. The highest BCUT2D eigenvalue weighted by Crippen LogP contribution is 2.52. The molecule has 274 valence electrons. The van der Waals surface area contributed by atoms with Crippen LogP contribution in [0.25, 0.3) is 0 Å². The second kappa shape index (κ2) is 15.9. The number of non-ortho nitro benzene ring substituents is 2. The Labute approximate surface area is 292 Å². The minimum atomic E-state index is -1.35. The van der Waals surface area contributed by atoms with Gasteiger partial charge < -0.3 is 26.6 Å². The normalized spacial score (nSPS) is 15.3. The van der Waals surface area contributed by atoms with Crippen LogP contribution in [-0.2, 0) is 19.2 Å². The number of nitro benzene ring substituents is 3. The lowest BCUT2D eigenvalue weighted by Crippen LogP contribution is -2.65. The first-order valence-corrected chi connectivity index (χ1v) is 16.7. The van der Waals surface area contributed by atoms with E-state index >= 15 is 0 Å². The van der Waals surface area contributed by atoms with Crippen LogP contribution in [0.4, 0.5) is 28.4 Å². The van der Waals surface area contributed by atoms with Crippen LogP contribution in [-0.4, -0.2) is 62.6 Å². The summed E-state index contributed by atoms with van der Waals surface area (Å²) in [5.41, 5.74) is -2.37. The minimum Gasteiger partial charge on any atom is -0.368 e. The largest absolute Gasteiger partial charge is 0.368 e. The molecule has 0 spiro atoms. The first kappa shape index (κ1) is 38.1. The van der Waals surface area contributed by atoms with Crippen LogP contribution in [0.15, 0.2) is 42.5 Å². The van der Waals surface area contributed by atoms with E-state index in [0.29, 0.717) is 31.4 Å². The summed E-state index contributed by atoms with van der Waals surface area (Å²) in [6, 6.07) is 6.24. The summed E-state index contributed by atoms with van der Waals surface area (Å²) in [6.45, 7) is 6.65. The van der Waals surface area contributed by atoms with Crippen LogP contribution < -0.4 is 26.6 Å². The molecule has 0 unspecified atom stereocenters. The first-order chi connectivity index (χ1) is 24.0. The van der Waals surface area contributed by atoms with Crippen LogP contribution in [0, 0.1) is 54.0 Å². The van der Waals surface area contributed by atoms with Gasteiger partial charge >= 0.3 is 0 Å². The average molecular weight is 711 g/mol. The Morgan fingerprint density at radius 3 is 1.86 bits per heavy atom. The number of rotatable bonds is 18. The van der Waals surface area contributed by atoms with Gasteiger partial charge in [0.2, 0.25) is 23.6 Å². The lowest BCUT2D eigenvalue weighted by molar-refractivity contribution is -0.393. The number of benzene rings is 2. The second-order valence-corrected chi connectivity index (χ2v) is 13.7. The first-order valence-electron chi connectivity index (χ1n) is 16.7. The maximum atomic E-state index is 14.0. The molecule has 51 heavy (non-hydrogen) atoms. The van der Waals surface area contributed by atoms with Crippen LogP contribution in [0.2, 0.25) is 0 Å². The van der Waals surface area contributed by atoms with E-state index in [4.69, 9.17) is 0 Å². The number of hydrogen-bond donors (Lipinski definition) is 5. The van der Waals surface area contributed by atoms with Gasteiger partial charge in [0.1, 0.15) is 23.3 Å². The van der Waals surface area contributed by atoms with Crippen molar-refractivity contribution in [3.05, 3.63) is 72.8 Å². The van der Waals surface area contributed by atoms with E-state index in [0.717, 1.165) is 18.2 Å². The minimum absolute atomic E-state index is 0.00459. The quantitative estimate of drug-likeness (QED) is 0.110. The maximum absolute atomic E-state index is 14.0. The number of nitro groups is 3. The Hall–Kier alpha value is -5.68. The Bertz CT molecular complexity index is 1680. The molecule has 2 saturated carbocycles. The monoisotopic (exact) mass is 710 g/mol. The van der Waals surface area contributed by atoms with Crippen molar-refractivity contribution in [3.63, 3.8) is 0 Å². The number of amides is 4. The highest BCUT2D eigenvalue weighted by Gasteiger charge is 2.60. The maximum Gasteiger partial charge on any atom is 0.299 e. The lowest BCUT2D eigenvalue weighted by atomic mass is 9.85. The summed E-state index contributed by atoms with van der Waals surface area (Å²) in [5, 5.41) is 47.7. The average Bonchev–Trinajstić information content (AvgIpc) is 3.99. The molecule has 0 bridgehead atoms. The fourth-order valence-electron chi connectivity index (χ4n) is 6.08. The van der Waals surface area contributed by atoms with Gasteiger partial charge in [-0.1, -0.05) is 27.7 Å². The van der Waals surface area contributed by atoms with Gasteiger partial charge in [-0.05, 0) is 74.0 Å². The van der Waals surface area contributed by atoms with Crippen molar-refractivity contribution in [3.8, 4) is 0 Å². The van der Waals surface area contributed by atoms with E-state index in [1.54, 1.807) is 13.8 Å². The number of hydrogen-bond acceptors (Lipinski definition) is 11. The molecule has 2 fully saturated rings. The molecule has 2 aliphatic carbocycles. The second-order valence-electron chi connectivity index (χ2n) is 13.7. The van der Waals surface area contributed by atoms with E-state index in [1.165, 1.54) is 24.3 Å². The number of nitrogens with zero attached hydrogens (tertiary/aromatic N) is 3. The van der Waals surface area contributed by atoms with E-state index < -0.39 is 79.9 Å². The Morgan fingerprint density at radius 1 is 0.804 bits per heavy atom. The SMILES string of the molecule is CC(C)C[C@H](NC(=O)CNC(=O)C(NC(=O)[C@H](Nc1ccc([N+](=O)[O-])cc1[N+](=O)[O-])C(C)C)(C1CC1)C1CC1)C(=O)Nc1ccc([N+](=O)[O-])cc1. The standard InChI is InChI=1S/C33H42N8O10/c1-18(2)15-26(30(43)35-22-9-11-23(12-10-22)39(46)47)36-28(42)17-34-32(45)33(20-5-6-20,21-7-8-21)38-31(44)29(19(3)4)37-25-14-13-24(40(48)49)16-27(25)41(50)51/h9-14,16,18-21,26,29,37H,5-8,15,17H2,1-4H3,(H,34,45)(H,35,43)(H,36,42)(H,38,44)/t26-,29+/m0/s1. The summed E-state index contributed by atoms with van der Waals surface area (Å²) >= 11 is 0. The van der Waals surface area contributed by atoms with E-state index in [1.807, 2.05) is 13.8 Å². The van der Waals surface area contributed by atoms with Gasteiger partial charge in [-0.15, -0.1) is 0 Å². The fourth-order valence-corrected chi connectivity index (χ4v) is 6.08. The highest BCUT2D eigenvalue weighted by molar-refractivity contribution is 5.99. The van der Waals surface area contributed by atoms with Crippen LogP contribution in [0.3, 0.4) is 0 Å². The number of carbonyl (C=O) groups excluding carboxylic acids is 4. The molecule has 4 rings (SSSR count). The summed E-state index contributed by atoms with van der Waals surface area (Å²) in [6.07, 6.45) is 2.89. The molecule has 18 nitrogen and oxygen atoms in total. The predicted molar refractivity (Wildman–Crippen MR) is 184 cm³/mol. The smallest absolute Gasteiger partial charge is 0.299 e. The molecule has 2 aromatic carbocycles. The van der Waals surface area contributed by atoms with E-state index in [9.17, 15) is 49.5 Å². The topological polar surface area (TPSA) is 258 Å². The van der Waals surface area contributed by atoms with Gasteiger partial charge in [0.25, 0.3) is 17.1 Å². The van der Waals surface area contributed by atoms with Gasteiger partial charge in [0.05, 0.1) is 27.4 Å². The van der Waals surface area contributed by atoms with E-state index in [2.05, 4.69) is 26.6 Å². The zero-order valence-corrected chi connectivity index (χ0v) is 28.7. The zero-order valence-electron chi connectivity index (χ0n) is 28.7. The van der Waals surface area contributed by atoms with Gasteiger partial charge in [-0.25, -0.2) is 0 Å². The van der Waals surface area contributed by atoms with Crippen molar-refractivity contribution in [1.82, 2.24) is 16.0 Å². The zero-order chi connectivity index (χ0) is 37.6. The molecular weight excluding hydrogens is 668 g/mol. The summed E-state index contributed by atoms with van der Waals surface area (Å²) in [5.74, 6) is -3.21. The molecule has 0 radical (unpaired) electrons. The molecule has 18 heteroatoms. The molecule has 0 aliphatic heterocycles. The molecule has 0 heterocycles. The number of carbonyl (C=O) groups is 4. The number of nitrogens with one attached hydrogen (secondary N) is 5. The highest BCUT2D eigenvalue weighted by atomic mass is 16.6. The van der Waals surface area contributed by atoms with Crippen molar-refractivity contribution in [2.45, 2.75) is 77.4 Å². The van der Waals surface area contributed by atoms with Crippen LogP contribution in [0.1, 0.15) is 59.8 Å². The third kappa shape index (κ3) is 9.52. The Balaban J connectivity index is 1.46. The third-order valence-electron chi connectivity index (χ3n) is 8.91. The van der Waals surface area contributed by atoms with Crippen molar-refractivity contribution < 1.29 is 33.9 Å².